The summed E-state index contributed by atoms with van der Waals surface area (Å²) in [5.74, 6) is 0. The van der Waals surface area contributed by atoms with Crippen molar-refractivity contribution in [2.75, 3.05) is 27.7 Å². The van der Waals surface area contributed by atoms with E-state index >= 15 is 0 Å². The van der Waals surface area contributed by atoms with E-state index in [-0.39, 0.29) is 6.10 Å². The molecule has 6 heteroatoms. The zero-order valence-corrected chi connectivity index (χ0v) is 12.4. The fraction of sp³-hybridized carbons (Fsp3) is 0.538. The van der Waals surface area contributed by atoms with Crippen LogP contribution in [0.25, 0.3) is 0 Å². The van der Waals surface area contributed by atoms with Gasteiger partial charge in [0.15, 0.2) is 0 Å². The minimum absolute atomic E-state index is 0.0883. The van der Waals surface area contributed by atoms with Crippen LogP contribution in [0, 0.1) is 0 Å². The summed E-state index contributed by atoms with van der Waals surface area (Å²) in [6.45, 7) is 0.922. The van der Waals surface area contributed by atoms with Crippen LogP contribution in [-0.4, -0.2) is 50.8 Å². The lowest BCUT2D eigenvalue weighted by atomic mass is 9.99. The van der Waals surface area contributed by atoms with E-state index in [2.05, 4.69) is 6.07 Å². The van der Waals surface area contributed by atoms with Crippen LogP contribution in [0.4, 0.5) is 0 Å². The molecule has 0 saturated heterocycles. The Morgan fingerprint density at radius 1 is 1.21 bits per heavy atom. The van der Waals surface area contributed by atoms with Gasteiger partial charge in [-0.2, -0.15) is 17.0 Å². The fourth-order valence-corrected chi connectivity index (χ4v) is 3.10. The molecule has 1 aliphatic heterocycles. The molecular formula is C13H20N2O3S. The molecule has 106 valence electrons. The zero-order chi connectivity index (χ0) is 14.0. The molecule has 0 spiro atoms. The van der Waals surface area contributed by atoms with Crippen LogP contribution in [0.15, 0.2) is 24.3 Å². The first kappa shape index (κ1) is 14.5. The van der Waals surface area contributed by atoms with Crippen molar-refractivity contribution in [1.29, 1.82) is 0 Å². The standard InChI is InChI=1S/C13H20N2O3S/c1-14(2)19(16,17)15(3)9-13-8-11-6-4-5-7-12(11)10-18-13/h4-7,13H,8-10H2,1-3H3. The number of ether oxygens (including phenoxy) is 1. The molecule has 0 aliphatic carbocycles. The van der Waals surface area contributed by atoms with E-state index in [1.807, 2.05) is 18.2 Å². The molecule has 0 fully saturated rings. The Bertz CT molecular complexity index is 543. The van der Waals surface area contributed by atoms with Gasteiger partial charge in [-0.25, -0.2) is 0 Å². The summed E-state index contributed by atoms with van der Waals surface area (Å²) in [5, 5.41) is 0. The summed E-state index contributed by atoms with van der Waals surface area (Å²) >= 11 is 0. The van der Waals surface area contributed by atoms with Crippen molar-refractivity contribution in [2.45, 2.75) is 19.1 Å². The van der Waals surface area contributed by atoms with Crippen LogP contribution >= 0.6 is 0 Å². The molecule has 0 radical (unpaired) electrons. The van der Waals surface area contributed by atoms with Gasteiger partial charge in [0.1, 0.15) is 0 Å². The molecule has 0 bridgehead atoms. The normalized spacial score (nSPS) is 19.7. The monoisotopic (exact) mass is 284 g/mol. The number of benzene rings is 1. The number of likely N-dealkylation sites (N-methyl/N-ethyl adjacent to an activating group) is 1. The Labute approximate surface area is 115 Å². The molecule has 1 atom stereocenters. The Balaban J connectivity index is 2.03. The van der Waals surface area contributed by atoms with E-state index in [4.69, 9.17) is 4.74 Å². The Hall–Kier alpha value is -0.950. The summed E-state index contributed by atoms with van der Waals surface area (Å²) in [6.07, 6.45) is 0.665. The number of rotatable bonds is 4. The van der Waals surface area contributed by atoms with Gasteiger partial charge in [0.2, 0.25) is 0 Å². The first-order chi connectivity index (χ1) is 8.91. The summed E-state index contributed by atoms with van der Waals surface area (Å²) in [5.41, 5.74) is 2.44. The maximum atomic E-state index is 11.9. The van der Waals surface area contributed by atoms with E-state index in [9.17, 15) is 8.42 Å². The van der Waals surface area contributed by atoms with Crippen LogP contribution in [0.3, 0.4) is 0 Å². The molecule has 1 heterocycles. The molecule has 0 N–H and O–H groups in total. The molecular weight excluding hydrogens is 264 g/mol. The van der Waals surface area contributed by atoms with Gasteiger partial charge < -0.3 is 4.74 Å². The van der Waals surface area contributed by atoms with Crippen LogP contribution in [0.1, 0.15) is 11.1 Å². The smallest absolute Gasteiger partial charge is 0.281 e. The van der Waals surface area contributed by atoms with Gasteiger partial charge >= 0.3 is 0 Å². The van der Waals surface area contributed by atoms with Gasteiger partial charge in [-0.1, -0.05) is 24.3 Å². The molecule has 0 amide bonds. The third kappa shape index (κ3) is 3.14. The van der Waals surface area contributed by atoms with Crippen LogP contribution in [-0.2, 0) is 28.0 Å². The number of hydrogen-bond donors (Lipinski definition) is 0. The van der Waals surface area contributed by atoms with E-state index in [0.29, 0.717) is 13.2 Å². The molecule has 5 nitrogen and oxygen atoms in total. The predicted octanol–water partition coefficient (Wildman–Crippen LogP) is 0.866. The van der Waals surface area contributed by atoms with Crippen molar-refractivity contribution in [3.05, 3.63) is 35.4 Å². The highest BCUT2D eigenvalue weighted by Crippen LogP contribution is 2.21. The topological polar surface area (TPSA) is 49.9 Å². The van der Waals surface area contributed by atoms with E-state index < -0.39 is 10.2 Å². The van der Waals surface area contributed by atoms with E-state index in [1.165, 1.54) is 33.8 Å². The van der Waals surface area contributed by atoms with Crippen molar-refractivity contribution >= 4 is 10.2 Å². The van der Waals surface area contributed by atoms with E-state index in [0.717, 1.165) is 6.42 Å². The first-order valence-corrected chi connectivity index (χ1v) is 7.63. The lowest BCUT2D eigenvalue weighted by Gasteiger charge is -2.29. The minimum Gasteiger partial charge on any atom is -0.372 e. The van der Waals surface area contributed by atoms with Crippen molar-refractivity contribution in [3.8, 4) is 0 Å². The quantitative estimate of drug-likeness (QED) is 0.824. The lowest BCUT2D eigenvalue weighted by Crippen LogP contribution is -2.43. The van der Waals surface area contributed by atoms with Gasteiger partial charge in [0.05, 0.1) is 12.7 Å². The van der Waals surface area contributed by atoms with Gasteiger partial charge in [-0.05, 0) is 11.1 Å². The second-order valence-corrected chi connectivity index (χ2v) is 7.23. The molecule has 0 saturated carbocycles. The summed E-state index contributed by atoms with van der Waals surface area (Å²) in [7, 11) is 1.28. The molecule has 1 aromatic rings. The third-order valence-corrected chi connectivity index (χ3v) is 5.22. The predicted molar refractivity (Wildman–Crippen MR) is 74.0 cm³/mol. The molecule has 0 aromatic heterocycles. The molecule has 2 rings (SSSR count). The highest BCUT2D eigenvalue weighted by molar-refractivity contribution is 7.86. The Morgan fingerprint density at radius 3 is 2.47 bits per heavy atom. The van der Waals surface area contributed by atoms with Gasteiger partial charge in [0, 0.05) is 34.1 Å². The second kappa shape index (κ2) is 5.58. The highest BCUT2D eigenvalue weighted by Gasteiger charge is 2.26. The number of hydrogen-bond acceptors (Lipinski definition) is 3. The second-order valence-electron chi connectivity index (χ2n) is 4.98. The lowest BCUT2D eigenvalue weighted by molar-refractivity contribution is 0.0197. The first-order valence-electron chi connectivity index (χ1n) is 6.23. The third-order valence-electron chi connectivity index (χ3n) is 3.36. The SMILES string of the molecule is CN(C)S(=O)(=O)N(C)CC1Cc2ccccc2CO1. The van der Waals surface area contributed by atoms with E-state index in [1.54, 1.807) is 7.05 Å². The Kier molecular flexibility index (Phi) is 4.25. The van der Waals surface area contributed by atoms with Crippen LogP contribution in [0.5, 0.6) is 0 Å². The molecule has 1 aromatic carbocycles. The van der Waals surface area contributed by atoms with Crippen LogP contribution < -0.4 is 0 Å². The van der Waals surface area contributed by atoms with Crippen molar-refractivity contribution < 1.29 is 13.2 Å². The molecule has 1 unspecified atom stereocenters. The average molecular weight is 284 g/mol. The Morgan fingerprint density at radius 2 is 1.84 bits per heavy atom. The fourth-order valence-electron chi connectivity index (χ4n) is 2.19. The average Bonchev–Trinajstić information content (AvgIpc) is 2.38. The molecule has 1 aliphatic rings. The van der Waals surface area contributed by atoms with Gasteiger partial charge in [-0.3, -0.25) is 0 Å². The summed E-state index contributed by atoms with van der Waals surface area (Å²) in [6, 6.07) is 8.11. The van der Waals surface area contributed by atoms with Crippen molar-refractivity contribution in [2.24, 2.45) is 0 Å². The maximum absolute atomic E-state index is 11.9. The highest BCUT2D eigenvalue weighted by atomic mass is 32.2. The summed E-state index contributed by atoms with van der Waals surface area (Å²) < 4.78 is 32.2. The largest absolute Gasteiger partial charge is 0.372 e. The van der Waals surface area contributed by atoms with Gasteiger partial charge in [0.25, 0.3) is 10.2 Å². The van der Waals surface area contributed by atoms with Gasteiger partial charge in [-0.15, -0.1) is 0 Å². The minimum atomic E-state index is -3.37. The van der Waals surface area contributed by atoms with Crippen molar-refractivity contribution in [1.82, 2.24) is 8.61 Å². The van der Waals surface area contributed by atoms with Crippen molar-refractivity contribution in [3.63, 3.8) is 0 Å². The number of fused-ring (bicyclic) bond motifs is 1. The molecule has 19 heavy (non-hydrogen) atoms. The summed E-state index contributed by atoms with van der Waals surface area (Å²) in [4.78, 5) is 0. The zero-order valence-electron chi connectivity index (χ0n) is 11.5. The van der Waals surface area contributed by atoms with Crippen LogP contribution in [0.2, 0.25) is 0 Å². The maximum Gasteiger partial charge on any atom is 0.281 e. The number of nitrogens with zero attached hydrogens (tertiary/aromatic N) is 2.